The molecule has 0 fully saturated rings. The second-order valence-corrected chi connectivity index (χ2v) is 9.48. The van der Waals surface area contributed by atoms with E-state index in [0.29, 0.717) is 6.42 Å². The molecule has 0 saturated heterocycles. The van der Waals surface area contributed by atoms with Gasteiger partial charge < -0.3 is 14.6 Å². The van der Waals surface area contributed by atoms with E-state index in [9.17, 15) is 4.79 Å². The van der Waals surface area contributed by atoms with Gasteiger partial charge >= 0.3 is 0 Å². The number of carbonyl (C=O) groups excluding carboxylic acids is 1. The van der Waals surface area contributed by atoms with Crippen molar-refractivity contribution in [2.45, 2.75) is 90.5 Å². The predicted octanol–water partition coefficient (Wildman–Crippen LogP) is 6.87. The summed E-state index contributed by atoms with van der Waals surface area (Å²) in [7, 11) is 1.65. The lowest BCUT2D eigenvalue weighted by molar-refractivity contribution is -0.120. The topological polar surface area (TPSA) is 56.2 Å². The van der Waals surface area contributed by atoms with Gasteiger partial charge in [-0.05, 0) is 49.1 Å². The number of methoxy groups -OCH3 is 1. The van der Waals surface area contributed by atoms with Gasteiger partial charge in [0.05, 0.1) is 24.6 Å². The lowest BCUT2D eigenvalue weighted by Crippen LogP contribution is -2.26. The van der Waals surface area contributed by atoms with Crippen LogP contribution in [0.3, 0.4) is 0 Å². The number of fused-ring (bicyclic) bond motifs is 1. The molecule has 0 atom stereocenters. The van der Waals surface area contributed by atoms with Crippen LogP contribution in [0.15, 0.2) is 48.5 Å². The van der Waals surface area contributed by atoms with E-state index in [-0.39, 0.29) is 5.91 Å². The molecule has 1 N–H and O–H groups in total. The summed E-state index contributed by atoms with van der Waals surface area (Å²) < 4.78 is 7.61. The summed E-state index contributed by atoms with van der Waals surface area (Å²) in [6.45, 7) is 4.06. The molecule has 5 nitrogen and oxygen atoms in total. The number of hydrogen-bond donors (Lipinski definition) is 1. The summed E-state index contributed by atoms with van der Waals surface area (Å²) >= 11 is 0. The third kappa shape index (κ3) is 9.04. The Balaban J connectivity index is 1.37. The van der Waals surface area contributed by atoms with Gasteiger partial charge in [-0.15, -0.1) is 0 Å². The summed E-state index contributed by atoms with van der Waals surface area (Å²) in [4.78, 5) is 17.1. The molecule has 0 aliphatic heterocycles. The van der Waals surface area contributed by atoms with Gasteiger partial charge in [-0.1, -0.05) is 76.1 Å². The SMILES string of the molecule is CCCCCCCCCn1c(CCCCCNC(=O)Cc2ccc(OC)cc2)nc2ccccc21. The minimum atomic E-state index is 0.0756. The van der Waals surface area contributed by atoms with E-state index in [1.807, 2.05) is 24.3 Å². The molecule has 0 aliphatic rings. The second kappa shape index (κ2) is 15.2. The molecule has 35 heavy (non-hydrogen) atoms. The molecular weight excluding hydrogens is 434 g/mol. The Bertz CT molecular complexity index is 1010. The van der Waals surface area contributed by atoms with Crippen molar-refractivity contribution in [1.82, 2.24) is 14.9 Å². The number of aryl methyl sites for hydroxylation is 2. The molecule has 1 heterocycles. The first kappa shape index (κ1) is 26.8. The Morgan fingerprint density at radius 3 is 2.37 bits per heavy atom. The Morgan fingerprint density at radius 1 is 0.886 bits per heavy atom. The molecule has 190 valence electrons. The highest BCUT2D eigenvalue weighted by atomic mass is 16.5. The number of hydrogen-bond acceptors (Lipinski definition) is 3. The summed E-state index contributed by atoms with van der Waals surface area (Å²) in [5.41, 5.74) is 3.37. The van der Waals surface area contributed by atoms with E-state index in [2.05, 4.69) is 41.1 Å². The molecule has 0 aliphatic carbocycles. The van der Waals surface area contributed by atoms with Gasteiger partial charge in [0.2, 0.25) is 5.91 Å². The number of carbonyl (C=O) groups is 1. The van der Waals surface area contributed by atoms with E-state index in [1.165, 1.54) is 56.3 Å². The van der Waals surface area contributed by atoms with E-state index in [0.717, 1.165) is 55.6 Å². The number of aromatic nitrogens is 2. The van der Waals surface area contributed by atoms with Gasteiger partial charge in [0.1, 0.15) is 11.6 Å². The number of rotatable bonds is 17. The first-order valence-corrected chi connectivity index (χ1v) is 13.5. The van der Waals surface area contributed by atoms with Crippen LogP contribution in [0.5, 0.6) is 5.75 Å². The number of unbranched alkanes of at least 4 members (excludes halogenated alkanes) is 8. The lowest BCUT2D eigenvalue weighted by atomic mass is 10.1. The van der Waals surface area contributed by atoms with Gasteiger partial charge in [-0.25, -0.2) is 4.98 Å². The molecule has 0 spiro atoms. The first-order chi connectivity index (χ1) is 17.2. The van der Waals surface area contributed by atoms with E-state index >= 15 is 0 Å². The molecule has 0 bridgehead atoms. The summed E-state index contributed by atoms with van der Waals surface area (Å²) in [5.74, 6) is 2.09. The zero-order valence-corrected chi connectivity index (χ0v) is 21.7. The molecule has 5 heteroatoms. The van der Waals surface area contributed by atoms with Crippen molar-refractivity contribution in [2.75, 3.05) is 13.7 Å². The minimum absolute atomic E-state index is 0.0756. The monoisotopic (exact) mass is 477 g/mol. The highest BCUT2D eigenvalue weighted by Crippen LogP contribution is 2.19. The molecule has 1 aromatic heterocycles. The summed E-state index contributed by atoms with van der Waals surface area (Å²) in [6, 6.07) is 16.2. The average Bonchev–Trinajstić information content (AvgIpc) is 3.23. The van der Waals surface area contributed by atoms with E-state index < -0.39 is 0 Å². The lowest BCUT2D eigenvalue weighted by Gasteiger charge is -2.10. The summed E-state index contributed by atoms with van der Waals surface area (Å²) in [5, 5.41) is 3.05. The number of para-hydroxylation sites is 2. The Kier molecular flexibility index (Phi) is 11.7. The maximum atomic E-state index is 12.2. The average molecular weight is 478 g/mol. The van der Waals surface area contributed by atoms with Crippen molar-refractivity contribution in [3.05, 3.63) is 59.9 Å². The fraction of sp³-hybridized carbons (Fsp3) is 0.533. The molecular formula is C30H43N3O2. The number of imidazole rings is 1. The fourth-order valence-electron chi connectivity index (χ4n) is 4.60. The number of benzene rings is 2. The third-order valence-corrected chi connectivity index (χ3v) is 6.64. The number of amides is 1. The molecule has 3 aromatic rings. The summed E-state index contributed by atoms with van der Waals surface area (Å²) in [6.07, 6.45) is 13.8. The normalized spacial score (nSPS) is 11.1. The number of ether oxygens (including phenoxy) is 1. The van der Waals surface area contributed by atoms with Crippen LogP contribution >= 0.6 is 0 Å². The smallest absolute Gasteiger partial charge is 0.224 e. The van der Waals surface area contributed by atoms with Gasteiger partial charge in [0, 0.05) is 19.5 Å². The third-order valence-electron chi connectivity index (χ3n) is 6.64. The van der Waals surface area contributed by atoms with Gasteiger partial charge in [0.15, 0.2) is 0 Å². The second-order valence-electron chi connectivity index (χ2n) is 9.48. The van der Waals surface area contributed by atoms with Gasteiger partial charge in [-0.2, -0.15) is 0 Å². The van der Waals surface area contributed by atoms with Gasteiger partial charge in [0.25, 0.3) is 0 Å². The molecule has 0 unspecified atom stereocenters. The van der Waals surface area contributed by atoms with Crippen LogP contribution in [0, 0.1) is 0 Å². The van der Waals surface area contributed by atoms with Crippen LogP contribution in [-0.4, -0.2) is 29.1 Å². The quantitative estimate of drug-likeness (QED) is 0.216. The first-order valence-electron chi connectivity index (χ1n) is 13.5. The molecule has 2 aromatic carbocycles. The largest absolute Gasteiger partial charge is 0.497 e. The highest BCUT2D eigenvalue weighted by molar-refractivity contribution is 5.78. The van der Waals surface area contributed by atoms with E-state index in [4.69, 9.17) is 9.72 Å². The van der Waals surface area contributed by atoms with Crippen molar-refractivity contribution in [3.8, 4) is 5.75 Å². The molecule has 3 rings (SSSR count). The maximum Gasteiger partial charge on any atom is 0.224 e. The van der Waals surface area contributed by atoms with Crippen molar-refractivity contribution in [2.24, 2.45) is 0 Å². The standard InChI is InChI=1S/C30H43N3O2/c1-3-4-5-6-7-8-14-23-33-28-16-12-11-15-27(28)32-29(33)17-10-9-13-22-31-30(34)24-25-18-20-26(35-2)21-19-25/h11-12,15-16,18-21H,3-10,13-14,17,22-24H2,1-2H3,(H,31,34). The fourth-order valence-corrected chi connectivity index (χ4v) is 4.60. The molecule has 0 saturated carbocycles. The molecule has 0 radical (unpaired) electrons. The van der Waals surface area contributed by atoms with Gasteiger partial charge in [-0.3, -0.25) is 4.79 Å². The van der Waals surface area contributed by atoms with Crippen molar-refractivity contribution in [3.63, 3.8) is 0 Å². The van der Waals surface area contributed by atoms with Crippen molar-refractivity contribution < 1.29 is 9.53 Å². The zero-order chi connectivity index (χ0) is 24.7. The van der Waals surface area contributed by atoms with Crippen LogP contribution in [0.25, 0.3) is 11.0 Å². The van der Waals surface area contributed by atoms with Crippen molar-refractivity contribution in [1.29, 1.82) is 0 Å². The van der Waals surface area contributed by atoms with Crippen LogP contribution < -0.4 is 10.1 Å². The number of nitrogens with one attached hydrogen (secondary N) is 1. The van der Waals surface area contributed by atoms with Crippen LogP contribution in [0.2, 0.25) is 0 Å². The van der Waals surface area contributed by atoms with Crippen LogP contribution in [-0.2, 0) is 24.2 Å². The maximum absolute atomic E-state index is 12.2. The van der Waals surface area contributed by atoms with Crippen LogP contribution in [0.1, 0.15) is 82.5 Å². The Hall–Kier alpha value is -2.82. The minimum Gasteiger partial charge on any atom is -0.497 e. The van der Waals surface area contributed by atoms with E-state index in [1.54, 1.807) is 7.11 Å². The highest BCUT2D eigenvalue weighted by Gasteiger charge is 2.10. The van der Waals surface area contributed by atoms with Crippen molar-refractivity contribution >= 4 is 16.9 Å². The molecule has 1 amide bonds. The Labute approximate surface area is 211 Å². The zero-order valence-electron chi connectivity index (χ0n) is 21.7. The predicted molar refractivity (Wildman–Crippen MR) is 145 cm³/mol. The van der Waals surface area contributed by atoms with Crippen LogP contribution in [0.4, 0.5) is 0 Å². The number of nitrogens with zero attached hydrogens (tertiary/aromatic N) is 2. The Morgan fingerprint density at radius 2 is 1.60 bits per heavy atom.